The van der Waals surface area contributed by atoms with Crippen LogP contribution >= 0.6 is 0 Å². The molecule has 0 aromatic rings. The Hall–Kier alpha value is 0.912. The van der Waals surface area contributed by atoms with E-state index in [1.54, 1.807) is 0 Å². The predicted molar refractivity (Wildman–Crippen MR) is 248 cm³/mol. The summed E-state index contributed by atoms with van der Waals surface area (Å²) in [5, 5.41) is 0. The summed E-state index contributed by atoms with van der Waals surface area (Å²) >= 11 is 0. The first-order valence-corrected chi connectivity index (χ1v) is 28.9. The Morgan fingerprint density at radius 2 is 0.339 bits per heavy atom. The molecule has 0 unspecified atom stereocenters. The third-order valence-corrected chi connectivity index (χ3v) is 13.3. The van der Waals surface area contributed by atoms with Crippen molar-refractivity contribution in [2.24, 2.45) is 0 Å². The van der Waals surface area contributed by atoms with Crippen molar-refractivity contribution in [1.82, 2.24) is 0 Å². The average Bonchev–Trinajstić information content (AvgIpc) is 3.20. The minimum Gasteiger partial charge on any atom is -0.828 e. The second kappa shape index (κ2) is 53.3. The molecule has 59 heavy (non-hydrogen) atoms. The van der Waals surface area contributed by atoms with E-state index in [1.165, 1.54) is 205 Å². The molecular formula is C48H100O8Si2Sn. The summed E-state index contributed by atoms with van der Waals surface area (Å²) in [6, 6.07) is 0. The van der Waals surface area contributed by atoms with Gasteiger partial charge in [-0.3, -0.25) is 0 Å². The molecule has 0 heterocycles. The largest absolute Gasteiger partial charge is 4.00 e. The Labute approximate surface area is 387 Å². The van der Waals surface area contributed by atoms with E-state index < -0.39 is 18.1 Å². The van der Waals surface area contributed by atoms with Crippen LogP contribution in [0.5, 0.6) is 0 Å². The van der Waals surface area contributed by atoms with Crippen LogP contribution in [0.1, 0.15) is 285 Å². The fourth-order valence-electron chi connectivity index (χ4n) is 7.23. The monoisotopic (exact) mass is 981 g/mol. The number of unbranched alkanes of at least 4 members (excludes halogenated alkanes) is 36. The molecule has 0 N–H and O–H groups in total. The summed E-state index contributed by atoms with van der Waals surface area (Å²) < 4.78 is 20.0. The van der Waals surface area contributed by atoms with Crippen LogP contribution in [0.4, 0.5) is 0 Å². The minimum absolute atomic E-state index is 0. The van der Waals surface area contributed by atoms with Crippen LogP contribution in [0.3, 0.4) is 0 Å². The van der Waals surface area contributed by atoms with Crippen LogP contribution in [0.2, 0.25) is 0 Å². The average molecular weight is 980 g/mol. The van der Waals surface area contributed by atoms with Crippen LogP contribution in [-0.4, -0.2) is 68.4 Å². The maximum absolute atomic E-state index is 11.8. The van der Waals surface area contributed by atoms with E-state index in [0.717, 1.165) is 51.4 Å². The Balaban J connectivity index is -0.00000105. The molecule has 11 heteroatoms. The van der Waals surface area contributed by atoms with Crippen molar-refractivity contribution in [3.05, 3.63) is 0 Å². The van der Waals surface area contributed by atoms with Crippen LogP contribution in [0.15, 0.2) is 0 Å². The zero-order chi connectivity index (χ0) is 42.9. The molecule has 0 spiro atoms. The van der Waals surface area contributed by atoms with Gasteiger partial charge < -0.3 is 36.9 Å². The zero-order valence-electron chi connectivity index (χ0n) is 39.9. The second-order valence-corrected chi connectivity index (χ2v) is 20.3. The standard InChI is InChI=1S/2C24H50O4Si.Sn/c2*1-3-5-7-9-11-13-15-17-19-21-23-27-29(25,26)28-24-22-20-18-16-14-12-10-8-6-4-2;/h2*3-24H2,1-2H3;/q2*-2;+4. The second-order valence-electron chi connectivity index (χ2n) is 17.1. The first-order valence-electron chi connectivity index (χ1n) is 25.6. The molecule has 8 nitrogen and oxygen atoms in total. The molecule has 0 aromatic carbocycles. The van der Waals surface area contributed by atoms with Crippen molar-refractivity contribution in [3.8, 4) is 0 Å². The molecule has 352 valence electrons. The first-order chi connectivity index (χ1) is 28.2. The molecule has 0 amide bonds. The van der Waals surface area contributed by atoms with Gasteiger partial charge in [0.1, 0.15) is 18.1 Å². The van der Waals surface area contributed by atoms with E-state index >= 15 is 0 Å². The molecule has 0 saturated carbocycles. The van der Waals surface area contributed by atoms with E-state index in [2.05, 4.69) is 27.7 Å². The van der Waals surface area contributed by atoms with Crippen LogP contribution in [0.25, 0.3) is 0 Å². The fraction of sp³-hybridized carbons (Fsp3) is 1.00. The molecule has 0 aliphatic carbocycles. The summed E-state index contributed by atoms with van der Waals surface area (Å²) in [7, 11) is -8.78. The molecule has 0 bridgehead atoms. The number of hydrogen-bond acceptors (Lipinski definition) is 8. The topological polar surface area (TPSA) is 129 Å². The van der Waals surface area contributed by atoms with Gasteiger partial charge in [0.05, 0.1) is 0 Å². The summed E-state index contributed by atoms with van der Waals surface area (Å²) in [6.07, 6.45) is 49.1. The molecular weight excluding hydrogens is 879 g/mol. The van der Waals surface area contributed by atoms with Gasteiger partial charge in [-0.05, 0) is 25.7 Å². The third kappa shape index (κ3) is 58.9. The van der Waals surface area contributed by atoms with Gasteiger partial charge in [-0.25, -0.2) is 0 Å². The number of hydrogen-bond donors (Lipinski definition) is 0. The van der Waals surface area contributed by atoms with Crippen LogP contribution < -0.4 is 19.2 Å². The molecule has 0 radical (unpaired) electrons. The zero-order valence-corrected chi connectivity index (χ0v) is 44.7. The Morgan fingerprint density at radius 3 is 0.475 bits per heavy atom. The van der Waals surface area contributed by atoms with Crippen molar-refractivity contribution in [1.29, 1.82) is 0 Å². The number of rotatable bonds is 48. The van der Waals surface area contributed by atoms with Gasteiger partial charge in [0.2, 0.25) is 0 Å². The molecule has 0 atom stereocenters. The van der Waals surface area contributed by atoms with Crippen molar-refractivity contribution >= 4 is 42.0 Å². The van der Waals surface area contributed by atoms with Crippen molar-refractivity contribution in [3.63, 3.8) is 0 Å². The van der Waals surface area contributed by atoms with Crippen molar-refractivity contribution in [2.45, 2.75) is 285 Å². The van der Waals surface area contributed by atoms with Crippen molar-refractivity contribution in [2.75, 3.05) is 26.4 Å². The Morgan fingerprint density at radius 1 is 0.220 bits per heavy atom. The Bertz CT molecular complexity index is 638. The van der Waals surface area contributed by atoms with E-state index in [1.807, 2.05) is 0 Å². The summed E-state index contributed by atoms with van der Waals surface area (Å²) in [5.74, 6) is 0. The van der Waals surface area contributed by atoms with Gasteiger partial charge in [0, 0.05) is 26.4 Å². The summed E-state index contributed by atoms with van der Waals surface area (Å²) in [6.45, 7) is 10.1. The molecule has 0 rings (SSSR count). The summed E-state index contributed by atoms with van der Waals surface area (Å²) in [5.41, 5.74) is 0. The molecule has 0 fully saturated rings. The van der Waals surface area contributed by atoms with E-state index in [4.69, 9.17) is 17.7 Å². The van der Waals surface area contributed by atoms with E-state index in [-0.39, 0.29) is 50.3 Å². The van der Waals surface area contributed by atoms with Gasteiger partial charge >= 0.3 is 23.9 Å². The van der Waals surface area contributed by atoms with Gasteiger partial charge in [-0.2, -0.15) is 0 Å². The van der Waals surface area contributed by atoms with Gasteiger partial charge in [0.25, 0.3) is 0 Å². The normalized spacial score (nSPS) is 11.8. The fourth-order valence-corrected chi connectivity index (χ4v) is 8.97. The van der Waals surface area contributed by atoms with Gasteiger partial charge in [-0.1, -0.05) is 259 Å². The summed E-state index contributed by atoms with van der Waals surface area (Å²) in [4.78, 5) is 47.0. The van der Waals surface area contributed by atoms with Crippen molar-refractivity contribution < 1.29 is 36.9 Å². The van der Waals surface area contributed by atoms with Crippen LogP contribution in [0, 0.1) is 0 Å². The van der Waals surface area contributed by atoms with Gasteiger partial charge in [-0.15, -0.1) is 0 Å². The first kappa shape index (κ1) is 64.2. The minimum atomic E-state index is -4.39. The maximum Gasteiger partial charge on any atom is 4.00 e. The molecule has 0 aliphatic heterocycles. The molecule has 0 saturated heterocycles. The SMILES string of the molecule is CCCCCCCCCCCCO[Si]([O-])([O-])OCCCCCCCCCCCC.CCCCCCCCCCCCO[Si]([O-])([O-])OCCCCCCCCCCCC.[Sn+4]. The predicted octanol–water partition coefficient (Wildman–Crippen LogP) is 11.7. The maximum atomic E-state index is 11.8. The van der Waals surface area contributed by atoms with E-state index in [9.17, 15) is 19.2 Å². The Kier molecular flexibility index (Phi) is 57.9. The third-order valence-electron chi connectivity index (χ3n) is 11.1. The quantitative estimate of drug-likeness (QED) is 0.0435. The van der Waals surface area contributed by atoms with E-state index in [0.29, 0.717) is 0 Å². The van der Waals surface area contributed by atoms with Gasteiger partial charge in [0.15, 0.2) is 0 Å². The molecule has 0 aromatic heterocycles. The smallest absolute Gasteiger partial charge is 0.828 e. The van der Waals surface area contributed by atoms with Crippen LogP contribution in [-0.2, 0) is 17.7 Å². The molecule has 0 aliphatic rings.